The second-order valence-electron chi connectivity index (χ2n) is 14.7. The summed E-state index contributed by atoms with van der Waals surface area (Å²) in [6.07, 6.45) is 15.2. The van der Waals surface area contributed by atoms with Crippen LogP contribution in [0.15, 0.2) is 87.6 Å². The molecule has 4 aliphatic carbocycles. The first-order valence-electron chi connectivity index (χ1n) is 14.6. The van der Waals surface area contributed by atoms with Crippen LogP contribution in [0.5, 0.6) is 0 Å². The predicted octanol–water partition coefficient (Wildman–Crippen LogP) is 7.43. The molecule has 0 aliphatic heterocycles. The Balaban J connectivity index is 0.000000642. The van der Waals surface area contributed by atoms with Gasteiger partial charge in [-0.3, -0.25) is 0 Å². The van der Waals surface area contributed by atoms with Gasteiger partial charge in [0.05, 0.1) is 0 Å². The SMILES string of the molecule is CC1=C(C)C(C)(C)C(C2=C(C)C(C)=C(C)C2(C)C)=C1C.[CH3][Zr+2]([CH3])([CH3])[C]1=CC=CC1.[CH3][Zr]([CH3])([Cl])([Cl])[C]1=CC=CC1.[Cl-].[Cl-]. The van der Waals surface area contributed by atoms with Gasteiger partial charge >= 0.3 is 133 Å². The minimum absolute atomic E-state index is 0. The summed E-state index contributed by atoms with van der Waals surface area (Å²) in [5.41, 5.74) is 12.5. The summed E-state index contributed by atoms with van der Waals surface area (Å²) in [6.45, 7) is 23.3. The van der Waals surface area contributed by atoms with E-state index < -0.39 is 36.7 Å². The zero-order chi connectivity index (χ0) is 30.4. The van der Waals surface area contributed by atoms with Crippen LogP contribution in [0.1, 0.15) is 82.1 Å². The third-order valence-electron chi connectivity index (χ3n) is 9.77. The Morgan fingerprint density at radius 1 is 0.634 bits per heavy atom. The zero-order valence-corrected chi connectivity index (χ0v) is 36.3. The second-order valence-corrected chi connectivity index (χ2v) is 53.4. The molecule has 0 saturated heterocycles. The van der Waals surface area contributed by atoms with E-state index in [4.69, 9.17) is 17.0 Å². The van der Waals surface area contributed by atoms with Crippen LogP contribution in [0.25, 0.3) is 0 Å². The Kier molecular flexibility index (Phi) is 14.8. The zero-order valence-electron chi connectivity index (χ0n) is 28.4. The largest absolute Gasteiger partial charge is 1.00 e. The molecule has 6 heteroatoms. The summed E-state index contributed by atoms with van der Waals surface area (Å²) < 4.78 is 14.5. The average Bonchev–Trinajstić information content (AvgIpc) is 3.56. The Morgan fingerprint density at radius 3 is 1.17 bits per heavy atom. The van der Waals surface area contributed by atoms with E-state index in [1.807, 2.05) is 15.3 Å². The maximum Gasteiger partial charge on any atom is -1.00 e. The van der Waals surface area contributed by atoms with E-state index in [-0.39, 0.29) is 35.6 Å². The Hall–Kier alpha value is 0.846. The third-order valence-corrected chi connectivity index (χ3v) is 23.5. The topological polar surface area (TPSA) is 0 Å². The van der Waals surface area contributed by atoms with Gasteiger partial charge in [-0.05, 0) is 75.0 Å². The normalized spacial score (nSPS) is 21.4. The molecule has 0 fully saturated rings. The quantitative estimate of drug-likeness (QED) is 0.279. The molecule has 0 heterocycles. The van der Waals surface area contributed by atoms with Crippen molar-refractivity contribution in [3.8, 4) is 0 Å². The van der Waals surface area contributed by atoms with Crippen LogP contribution in [0.2, 0.25) is 23.2 Å². The van der Waals surface area contributed by atoms with Crippen LogP contribution < -0.4 is 24.8 Å². The number of rotatable bonds is 3. The minimum atomic E-state index is -3.26. The summed E-state index contributed by atoms with van der Waals surface area (Å²) in [7, 11) is 12.5. The molecular formula is C35H55Cl4Zr2. The molecule has 0 bridgehead atoms. The summed E-state index contributed by atoms with van der Waals surface area (Å²) in [5, 5.41) is 0. The molecule has 0 amide bonds. The van der Waals surface area contributed by atoms with E-state index in [1.54, 1.807) is 14.4 Å². The van der Waals surface area contributed by atoms with Gasteiger partial charge in [0, 0.05) is 10.8 Å². The first-order chi connectivity index (χ1) is 17.4. The van der Waals surface area contributed by atoms with Crippen LogP contribution in [0.4, 0.5) is 0 Å². The van der Waals surface area contributed by atoms with Crippen molar-refractivity contribution < 1.29 is 61.5 Å². The van der Waals surface area contributed by atoms with Gasteiger partial charge in [0.15, 0.2) is 0 Å². The summed E-state index contributed by atoms with van der Waals surface area (Å²) >= 11 is -4.85. The van der Waals surface area contributed by atoms with Crippen molar-refractivity contribution in [2.45, 2.75) is 105 Å². The molecule has 0 aromatic heterocycles. The fourth-order valence-corrected chi connectivity index (χ4v) is 14.1. The van der Waals surface area contributed by atoms with E-state index in [9.17, 15) is 0 Å². The fraction of sp³-hybridized carbons (Fsp3) is 0.543. The molecule has 0 N–H and O–H groups in total. The molecule has 4 rings (SSSR count). The van der Waals surface area contributed by atoms with Crippen LogP contribution in [0, 0.1) is 10.8 Å². The van der Waals surface area contributed by atoms with Crippen LogP contribution >= 0.6 is 17.0 Å². The van der Waals surface area contributed by atoms with E-state index in [2.05, 4.69) is 114 Å². The number of halogens is 4. The van der Waals surface area contributed by atoms with Gasteiger partial charge in [0.1, 0.15) is 0 Å². The number of hydrogen-bond donors (Lipinski definition) is 0. The molecule has 0 atom stereocenters. The maximum atomic E-state index is 6.26. The Labute approximate surface area is 279 Å². The average molecular weight is 800 g/mol. The molecular weight excluding hydrogens is 745 g/mol. The molecule has 0 nitrogen and oxygen atoms in total. The molecule has 0 unspecified atom stereocenters. The summed E-state index contributed by atoms with van der Waals surface area (Å²) in [4.78, 5) is 0. The van der Waals surface area contributed by atoms with E-state index in [0.29, 0.717) is 0 Å². The van der Waals surface area contributed by atoms with Gasteiger partial charge in [0.25, 0.3) is 0 Å². The van der Waals surface area contributed by atoms with Crippen molar-refractivity contribution in [2.24, 2.45) is 10.8 Å². The van der Waals surface area contributed by atoms with Crippen LogP contribution in [-0.2, 0) is 36.7 Å². The van der Waals surface area contributed by atoms with Gasteiger partial charge < -0.3 is 24.8 Å². The minimum Gasteiger partial charge on any atom is -1.00 e. The van der Waals surface area contributed by atoms with Crippen molar-refractivity contribution in [2.75, 3.05) is 0 Å². The smallest absolute Gasteiger partial charge is 1.00 e. The molecule has 4 aliphatic rings. The van der Waals surface area contributed by atoms with E-state index >= 15 is 0 Å². The fourth-order valence-electron chi connectivity index (χ4n) is 6.15. The predicted molar refractivity (Wildman–Crippen MR) is 174 cm³/mol. The van der Waals surface area contributed by atoms with Gasteiger partial charge in [0.2, 0.25) is 0 Å². The molecule has 0 aromatic rings. The molecule has 0 aromatic carbocycles. The molecule has 0 spiro atoms. The van der Waals surface area contributed by atoms with Crippen molar-refractivity contribution in [1.29, 1.82) is 0 Å². The van der Waals surface area contributed by atoms with Crippen molar-refractivity contribution >= 4 is 17.0 Å². The van der Waals surface area contributed by atoms with E-state index in [0.717, 1.165) is 6.42 Å². The molecule has 41 heavy (non-hydrogen) atoms. The maximum absolute atomic E-state index is 6.26. The van der Waals surface area contributed by atoms with Gasteiger partial charge in [-0.25, -0.2) is 0 Å². The summed E-state index contributed by atoms with van der Waals surface area (Å²) in [6, 6.07) is 0. The monoisotopic (exact) mass is 795 g/mol. The van der Waals surface area contributed by atoms with Crippen LogP contribution in [0.3, 0.4) is 0 Å². The third kappa shape index (κ3) is 9.43. The molecule has 0 saturated carbocycles. The van der Waals surface area contributed by atoms with E-state index in [1.165, 1.54) is 43.1 Å². The number of hydrogen-bond acceptors (Lipinski definition) is 0. The first-order valence-corrected chi connectivity index (χ1v) is 35.6. The number of allylic oxidation sites excluding steroid dienone is 16. The standard InChI is InChI=1S/C20H30.2C5H5.5CH3.4ClH.2Zr/c1-11-13(3)17(19(7,8)15(11)5)18-14(4)12(2)16(6)20(18,9)10;2*1-2-4-5-3-1;;;;;;;;;;;/h1-10H3;2*1-3H,4H2;5*1H3;4*1H;;/q;;;;;;;;;;;;2*+2/p-4. The first kappa shape index (κ1) is 41.8. The second kappa shape index (κ2) is 14.5. The molecule has 231 valence electrons. The van der Waals surface area contributed by atoms with Crippen molar-refractivity contribution in [1.82, 2.24) is 0 Å². The Bertz CT molecular complexity index is 1210. The van der Waals surface area contributed by atoms with Crippen molar-refractivity contribution in [3.05, 3.63) is 87.6 Å². The van der Waals surface area contributed by atoms with Gasteiger partial charge in [-0.2, -0.15) is 0 Å². The summed E-state index contributed by atoms with van der Waals surface area (Å²) in [5.74, 6) is 0. The Morgan fingerprint density at radius 2 is 1.00 bits per heavy atom. The van der Waals surface area contributed by atoms with Gasteiger partial charge in [-0.1, -0.05) is 38.8 Å². The van der Waals surface area contributed by atoms with Crippen molar-refractivity contribution in [3.63, 3.8) is 0 Å². The van der Waals surface area contributed by atoms with Gasteiger partial charge in [-0.15, -0.1) is 0 Å². The molecule has 0 radical (unpaired) electrons. The van der Waals surface area contributed by atoms with Crippen LogP contribution in [-0.4, -0.2) is 0 Å².